The van der Waals surface area contributed by atoms with Crippen molar-refractivity contribution in [3.05, 3.63) is 86.6 Å². The van der Waals surface area contributed by atoms with Crippen LogP contribution in [0.15, 0.2) is 59.2 Å². The van der Waals surface area contributed by atoms with Crippen LogP contribution in [0, 0.1) is 0 Å². The number of hydrogen-bond donors (Lipinski definition) is 2. The summed E-state index contributed by atoms with van der Waals surface area (Å²) in [7, 11) is 1.56. The Morgan fingerprint density at radius 1 is 1.06 bits per heavy atom. The van der Waals surface area contributed by atoms with Gasteiger partial charge in [-0.2, -0.15) is 0 Å². The van der Waals surface area contributed by atoms with E-state index in [4.69, 9.17) is 16.3 Å². The lowest BCUT2D eigenvalue weighted by Crippen LogP contribution is -2.38. The Morgan fingerprint density at radius 3 is 2.66 bits per heavy atom. The molecule has 8 heteroatoms. The Morgan fingerprint density at radius 2 is 1.88 bits per heavy atom. The number of amides is 2. The molecule has 4 rings (SSSR count). The second kappa shape index (κ2) is 9.71. The Balaban J connectivity index is 1.45. The third-order valence-electron chi connectivity index (χ3n) is 5.35. The highest BCUT2D eigenvalue weighted by Gasteiger charge is 2.22. The number of rotatable bonds is 5. The van der Waals surface area contributed by atoms with E-state index in [0.717, 1.165) is 18.4 Å². The number of halogens is 2. The van der Waals surface area contributed by atoms with Gasteiger partial charge in [-0.3, -0.25) is 14.6 Å². The van der Waals surface area contributed by atoms with Gasteiger partial charge in [0.1, 0.15) is 17.2 Å². The number of aryl methyl sites for hydroxylation is 1. The summed E-state index contributed by atoms with van der Waals surface area (Å²) >= 11 is 9.38. The highest BCUT2D eigenvalue weighted by molar-refractivity contribution is 9.10. The van der Waals surface area contributed by atoms with E-state index in [1.54, 1.807) is 43.6 Å². The maximum absolute atomic E-state index is 12.7. The molecule has 1 heterocycles. The van der Waals surface area contributed by atoms with Crippen LogP contribution in [-0.4, -0.2) is 29.9 Å². The Bertz CT molecular complexity index is 1180. The normalized spacial score (nSPS) is 14.9. The molecule has 0 radical (unpaired) electrons. The first kappa shape index (κ1) is 22.3. The SMILES string of the molecule is CNC(=O)c1cc(Oc2ccc3c(c2)CC(NC(=O)c2ccc(Cl)c(Br)c2)CC3)ccn1. The zero-order chi connectivity index (χ0) is 22.7. The molecule has 1 atom stereocenters. The first-order valence-electron chi connectivity index (χ1n) is 10.2. The zero-order valence-electron chi connectivity index (χ0n) is 17.3. The van der Waals surface area contributed by atoms with Crippen LogP contribution in [0.5, 0.6) is 11.5 Å². The molecule has 0 bridgehead atoms. The fraction of sp³-hybridized carbons (Fsp3) is 0.208. The van der Waals surface area contributed by atoms with Crippen LogP contribution in [0.2, 0.25) is 5.02 Å². The van der Waals surface area contributed by atoms with Crippen LogP contribution in [0.4, 0.5) is 0 Å². The molecule has 2 N–H and O–H groups in total. The molecular formula is C24H21BrClN3O3. The van der Waals surface area contributed by atoms with E-state index in [1.807, 2.05) is 12.1 Å². The summed E-state index contributed by atoms with van der Waals surface area (Å²) in [5.74, 6) is 0.813. The smallest absolute Gasteiger partial charge is 0.269 e. The van der Waals surface area contributed by atoms with Crippen LogP contribution >= 0.6 is 27.5 Å². The molecular weight excluding hydrogens is 494 g/mol. The summed E-state index contributed by atoms with van der Waals surface area (Å²) < 4.78 is 6.66. The highest BCUT2D eigenvalue weighted by atomic mass is 79.9. The van der Waals surface area contributed by atoms with Crippen LogP contribution in [0.1, 0.15) is 38.4 Å². The van der Waals surface area contributed by atoms with Crippen molar-refractivity contribution >= 4 is 39.3 Å². The van der Waals surface area contributed by atoms with Crippen molar-refractivity contribution in [3.63, 3.8) is 0 Å². The van der Waals surface area contributed by atoms with Crippen molar-refractivity contribution in [2.24, 2.45) is 0 Å². The van der Waals surface area contributed by atoms with Crippen molar-refractivity contribution in [3.8, 4) is 11.5 Å². The van der Waals surface area contributed by atoms with Gasteiger partial charge in [0.2, 0.25) is 0 Å². The highest BCUT2D eigenvalue weighted by Crippen LogP contribution is 2.29. The second-order valence-electron chi connectivity index (χ2n) is 7.53. The largest absolute Gasteiger partial charge is 0.457 e. The number of aromatic nitrogens is 1. The summed E-state index contributed by atoms with van der Waals surface area (Å²) in [6.07, 6.45) is 4.00. The topological polar surface area (TPSA) is 80.3 Å². The Kier molecular flexibility index (Phi) is 6.77. The number of ether oxygens (including phenoxy) is 1. The maximum Gasteiger partial charge on any atom is 0.269 e. The van der Waals surface area contributed by atoms with Crippen LogP contribution in [0.25, 0.3) is 0 Å². The molecule has 164 valence electrons. The van der Waals surface area contributed by atoms with E-state index in [9.17, 15) is 9.59 Å². The molecule has 2 aromatic carbocycles. The van der Waals surface area contributed by atoms with Crippen LogP contribution in [0.3, 0.4) is 0 Å². The number of fused-ring (bicyclic) bond motifs is 1. The lowest BCUT2D eigenvalue weighted by Gasteiger charge is -2.26. The molecule has 32 heavy (non-hydrogen) atoms. The van der Waals surface area contributed by atoms with E-state index < -0.39 is 0 Å². The van der Waals surface area contributed by atoms with Gasteiger partial charge in [-0.15, -0.1) is 0 Å². The van der Waals surface area contributed by atoms with Crippen molar-refractivity contribution in [2.45, 2.75) is 25.3 Å². The number of hydrogen-bond acceptors (Lipinski definition) is 4. The van der Waals surface area contributed by atoms with Crippen molar-refractivity contribution < 1.29 is 14.3 Å². The fourth-order valence-electron chi connectivity index (χ4n) is 3.69. The van der Waals surface area contributed by atoms with Crippen molar-refractivity contribution in [1.82, 2.24) is 15.6 Å². The molecule has 2 amide bonds. The third kappa shape index (κ3) is 5.11. The zero-order valence-corrected chi connectivity index (χ0v) is 19.7. The number of carbonyl (C=O) groups excluding carboxylic acids is 2. The van der Waals surface area contributed by atoms with E-state index >= 15 is 0 Å². The van der Waals surface area contributed by atoms with Gasteiger partial charge >= 0.3 is 0 Å². The van der Waals surface area contributed by atoms with Gasteiger partial charge in [-0.25, -0.2) is 0 Å². The van der Waals surface area contributed by atoms with Gasteiger partial charge in [-0.1, -0.05) is 17.7 Å². The average molecular weight is 515 g/mol. The Labute approximate surface area is 199 Å². The number of benzene rings is 2. The monoisotopic (exact) mass is 513 g/mol. The van der Waals surface area contributed by atoms with Crippen LogP contribution < -0.4 is 15.4 Å². The minimum absolute atomic E-state index is 0.0282. The predicted octanol–water partition coefficient (Wildman–Crippen LogP) is 4.94. The molecule has 0 aliphatic heterocycles. The molecule has 6 nitrogen and oxygen atoms in total. The molecule has 3 aromatic rings. The summed E-state index contributed by atoms with van der Waals surface area (Å²) in [6, 6.07) is 14.4. The van der Waals surface area contributed by atoms with E-state index in [-0.39, 0.29) is 17.9 Å². The van der Waals surface area contributed by atoms with Gasteiger partial charge in [0.05, 0.1) is 5.02 Å². The molecule has 0 saturated carbocycles. The second-order valence-corrected chi connectivity index (χ2v) is 8.79. The quantitative estimate of drug-likeness (QED) is 0.506. The van der Waals surface area contributed by atoms with Crippen LogP contribution in [-0.2, 0) is 12.8 Å². The number of pyridine rings is 1. The van der Waals surface area contributed by atoms with E-state index in [1.165, 1.54) is 5.56 Å². The van der Waals surface area contributed by atoms with Gasteiger partial charge in [0.15, 0.2) is 0 Å². The molecule has 1 aliphatic rings. The lowest BCUT2D eigenvalue weighted by atomic mass is 9.88. The van der Waals surface area contributed by atoms with Gasteiger partial charge < -0.3 is 15.4 Å². The average Bonchev–Trinajstić information content (AvgIpc) is 2.80. The number of carbonyl (C=O) groups is 2. The molecule has 1 aliphatic carbocycles. The standard InChI is InChI=1S/C24H21BrClN3O3/c1-27-24(31)22-13-19(8-9-28-22)32-18-6-3-14-2-5-17(10-16(14)11-18)29-23(30)15-4-7-21(26)20(25)12-15/h3-4,6-9,11-13,17H,2,5,10H2,1H3,(H,27,31)(H,29,30). The van der Waals surface area contributed by atoms with Gasteiger partial charge in [0.25, 0.3) is 11.8 Å². The first-order chi connectivity index (χ1) is 15.4. The van der Waals surface area contributed by atoms with Gasteiger partial charge in [0, 0.05) is 35.4 Å². The summed E-state index contributed by atoms with van der Waals surface area (Å²) in [6.45, 7) is 0. The molecule has 0 fully saturated rings. The summed E-state index contributed by atoms with van der Waals surface area (Å²) in [5, 5.41) is 6.24. The predicted molar refractivity (Wildman–Crippen MR) is 127 cm³/mol. The maximum atomic E-state index is 12.7. The van der Waals surface area contributed by atoms with Crippen molar-refractivity contribution in [2.75, 3.05) is 7.05 Å². The first-order valence-corrected chi connectivity index (χ1v) is 11.3. The summed E-state index contributed by atoms with van der Waals surface area (Å²) in [4.78, 5) is 28.5. The molecule has 0 saturated heterocycles. The number of nitrogens with zero attached hydrogens (tertiary/aromatic N) is 1. The minimum Gasteiger partial charge on any atom is -0.457 e. The molecule has 1 unspecified atom stereocenters. The van der Waals surface area contributed by atoms with E-state index in [2.05, 4.69) is 37.6 Å². The third-order valence-corrected chi connectivity index (χ3v) is 6.56. The molecule has 1 aromatic heterocycles. The fourth-order valence-corrected chi connectivity index (χ4v) is 4.19. The Hall–Kier alpha value is -2.90. The summed E-state index contributed by atoms with van der Waals surface area (Å²) in [5.41, 5.74) is 3.24. The molecule has 0 spiro atoms. The van der Waals surface area contributed by atoms with E-state index in [0.29, 0.717) is 38.7 Å². The lowest BCUT2D eigenvalue weighted by molar-refractivity contribution is 0.0931. The number of nitrogens with one attached hydrogen (secondary N) is 2. The minimum atomic E-state index is -0.271. The van der Waals surface area contributed by atoms with Crippen molar-refractivity contribution in [1.29, 1.82) is 0 Å². The van der Waals surface area contributed by atoms with Gasteiger partial charge in [-0.05, 0) is 82.7 Å².